The maximum absolute atomic E-state index is 5.56. The lowest BCUT2D eigenvalue weighted by atomic mass is 10.1. The van der Waals surface area contributed by atoms with Crippen molar-refractivity contribution in [3.05, 3.63) is 29.8 Å². The molecule has 0 amide bonds. The summed E-state index contributed by atoms with van der Waals surface area (Å²) < 4.78 is 0. The van der Waals surface area contributed by atoms with Gasteiger partial charge in [-0.2, -0.15) is 0 Å². The summed E-state index contributed by atoms with van der Waals surface area (Å²) in [5.41, 5.74) is 2.34. The molecule has 2 heteroatoms. The second kappa shape index (κ2) is 5.04. The van der Waals surface area contributed by atoms with Gasteiger partial charge in [-0.1, -0.05) is 31.5 Å². The first kappa shape index (κ1) is 9.40. The summed E-state index contributed by atoms with van der Waals surface area (Å²) in [6, 6.07) is 8.14. The topological polar surface area (TPSA) is 12.0 Å². The molecule has 66 valence electrons. The van der Waals surface area contributed by atoms with Crippen LogP contribution in [0.5, 0.6) is 0 Å². The molecule has 0 aliphatic heterocycles. The second-order valence-corrected chi connectivity index (χ2v) is 3.04. The highest BCUT2D eigenvalue weighted by atomic mass is 35.5. The van der Waals surface area contributed by atoms with Crippen molar-refractivity contribution in [1.82, 2.24) is 0 Å². The van der Waals surface area contributed by atoms with Gasteiger partial charge >= 0.3 is 0 Å². The first-order valence-electron chi connectivity index (χ1n) is 4.33. The Balaban J connectivity index is 2.68. The highest BCUT2D eigenvalue weighted by Gasteiger charge is 1.98. The summed E-state index contributed by atoms with van der Waals surface area (Å²) in [5.74, 6) is 0. The molecule has 0 saturated carbocycles. The molecular weight excluding hydrogens is 170 g/mol. The van der Waals surface area contributed by atoms with Crippen LogP contribution < -0.4 is 4.84 Å². The van der Waals surface area contributed by atoms with Crippen molar-refractivity contribution in [3.8, 4) is 0 Å². The number of benzene rings is 1. The van der Waals surface area contributed by atoms with E-state index in [0.717, 1.165) is 12.1 Å². The number of rotatable bonds is 4. The molecule has 12 heavy (non-hydrogen) atoms. The van der Waals surface area contributed by atoms with Crippen LogP contribution in [0.3, 0.4) is 0 Å². The molecule has 0 atom stereocenters. The molecule has 0 bridgehead atoms. The van der Waals surface area contributed by atoms with E-state index in [4.69, 9.17) is 11.8 Å². The lowest BCUT2D eigenvalue weighted by molar-refractivity contribution is 0.796. The monoisotopic (exact) mass is 183 g/mol. The zero-order valence-corrected chi connectivity index (χ0v) is 8.06. The maximum atomic E-state index is 5.56. The molecule has 0 unspecified atom stereocenters. The van der Waals surface area contributed by atoms with E-state index in [-0.39, 0.29) is 0 Å². The van der Waals surface area contributed by atoms with Crippen molar-refractivity contribution in [1.29, 1.82) is 0 Å². The maximum Gasteiger partial charge on any atom is 0.0523 e. The van der Waals surface area contributed by atoms with E-state index < -0.39 is 0 Å². The van der Waals surface area contributed by atoms with Crippen molar-refractivity contribution in [2.75, 3.05) is 4.84 Å². The summed E-state index contributed by atoms with van der Waals surface area (Å²) in [7, 11) is 0. The minimum atomic E-state index is 1.03. The summed E-state index contributed by atoms with van der Waals surface area (Å²) >= 11 is 5.56. The average molecular weight is 184 g/mol. The van der Waals surface area contributed by atoms with Gasteiger partial charge in [0.15, 0.2) is 0 Å². The van der Waals surface area contributed by atoms with E-state index in [1.54, 1.807) is 0 Å². The lowest BCUT2D eigenvalue weighted by Crippen LogP contribution is -1.90. The summed E-state index contributed by atoms with van der Waals surface area (Å²) in [4.78, 5) is 2.68. The minimum Gasteiger partial charge on any atom is -0.298 e. The zero-order chi connectivity index (χ0) is 8.81. The van der Waals surface area contributed by atoms with Crippen LogP contribution in [0.2, 0.25) is 0 Å². The lowest BCUT2D eigenvalue weighted by Gasteiger charge is -2.05. The van der Waals surface area contributed by atoms with Gasteiger partial charge in [-0.15, -0.1) is 0 Å². The molecule has 0 radical (unpaired) electrons. The van der Waals surface area contributed by atoms with Crippen LogP contribution in [0.25, 0.3) is 0 Å². The number of halogens is 1. The Morgan fingerprint density at radius 3 is 2.75 bits per heavy atom. The Morgan fingerprint density at radius 2 is 2.08 bits per heavy atom. The van der Waals surface area contributed by atoms with Gasteiger partial charge in [-0.05, 0) is 24.5 Å². The third-order valence-electron chi connectivity index (χ3n) is 1.92. The minimum absolute atomic E-state index is 1.03. The van der Waals surface area contributed by atoms with Crippen LogP contribution in [0, 0.1) is 0 Å². The number of hydrogen-bond acceptors (Lipinski definition) is 1. The van der Waals surface area contributed by atoms with Crippen LogP contribution in [-0.4, -0.2) is 0 Å². The second-order valence-electron chi connectivity index (χ2n) is 2.86. The van der Waals surface area contributed by atoms with Gasteiger partial charge in [0.2, 0.25) is 0 Å². The summed E-state index contributed by atoms with van der Waals surface area (Å²) in [6.07, 6.45) is 3.54. The number of unbranched alkanes of at least 4 members (excludes halogenated alkanes) is 1. The summed E-state index contributed by atoms with van der Waals surface area (Å²) in [5, 5.41) is 0. The van der Waals surface area contributed by atoms with Crippen LogP contribution in [0.4, 0.5) is 5.69 Å². The standard InChI is InChI=1S/C10H14ClN/c1-2-3-6-9-7-4-5-8-10(9)12-11/h4-5,7-8,12H,2-3,6H2,1H3. The van der Waals surface area contributed by atoms with Gasteiger partial charge < -0.3 is 0 Å². The number of para-hydroxylation sites is 1. The van der Waals surface area contributed by atoms with Crippen molar-refractivity contribution in [2.45, 2.75) is 26.2 Å². The van der Waals surface area contributed by atoms with E-state index in [1.165, 1.54) is 18.4 Å². The molecule has 1 aromatic rings. The number of nitrogens with one attached hydrogen (secondary N) is 1. The Morgan fingerprint density at radius 1 is 1.33 bits per heavy atom. The van der Waals surface area contributed by atoms with E-state index in [2.05, 4.69) is 17.8 Å². The molecule has 0 aromatic heterocycles. The smallest absolute Gasteiger partial charge is 0.0523 e. The van der Waals surface area contributed by atoms with Crippen LogP contribution >= 0.6 is 11.8 Å². The molecule has 1 N–H and O–H groups in total. The van der Waals surface area contributed by atoms with Crippen LogP contribution in [0.1, 0.15) is 25.3 Å². The van der Waals surface area contributed by atoms with Crippen molar-refractivity contribution in [2.24, 2.45) is 0 Å². The van der Waals surface area contributed by atoms with Crippen molar-refractivity contribution in [3.63, 3.8) is 0 Å². The Hall–Kier alpha value is -0.690. The Labute approximate surface area is 78.9 Å². The normalized spacial score (nSPS) is 9.83. The van der Waals surface area contributed by atoms with Gasteiger partial charge in [-0.25, -0.2) is 0 Å². The SMILES string of the molecule is CCCCc1ccccc1NCl. The highest BCUT2D eigenvalue weighted by molar-refractivity contribution is 6.24. The fraction of sp³-hybridized carbons (Fsp3) is 0.400. The average Bonchev–Trinajstić information content (AvgIpc) is 2.15. The molecule has 0 saturated heterocycles. The molecule has 1 aromatic carbocycles. The summed E-state index contributed by atoms with van der Waals surface area (Å²) in [6.45, 7) is 2.19. The molecule has 0 heterocycles. The quantitative estimate of drug-likeness (QED) is 0.704. The zero-order valence-electron chi connectivity index (χ0n) is 7.31. The predicted molar refractivity (Wildman–Crippen MR) is 54.5 cm³/mol. The number of anilines is 1. The largest absolute Gasteiger partial charge is 0.298 e. The van der Waals surface area contributed by atoms with Gasteiger partial charge in [0.05, 0.1) is 5.69 Å². The Kier molecular flexibility index (Phi) is 3.95. The fourth-order valence-electron chi connectivity index (χ4n) is 1.20. The molecule has 0 aliphatic rings. The van der Waals surface area contributed by atoms with Crippen LogP contribution in [0.15, 0.2) is 24.3 Å². The third-order valence-corrected chi connectivity index (χ3v) is 2.12. The van der Waals surface area contributed by atoms with Gasteiger partial charge in [0.25, 0.3) is 0 Å². The fourth-order valence-corrected chi connectivity index (χ4v) is 1.38. The van der Waals surface area contributed by atoms with Gasteiger partial charge in [0.1, 0.15) is 0 Å². The molecular formula is C10H14ClN. The van der Waals surface area contributed by atoms with E-state index in [0.29, 0.717) is 0 Å². The first-order chi connectivity index (χ1) is 5.88. The van der Waals surface area contributed by atoms with E-state index in [1.807, 2.05) is 18.2 Å². The number of hydrogen-bond donors (Lipinski definition) is 1. The third kappa shape index (κ3) is 2.42. The molecule has 1 nitrogen and oxygen atoms in total. The predicted octanol–water partition coefficient (Wildman–Crippen LogP) is 3.59. The molecule has 1 rings (SSSR count). The van der Waals surface area contributed by atoms with E-state index in [9.17, 15) is 0 Å². The van der Waals surface area contributed by atoms with Gasteiger partial charge in [0, 0.05) is 11.8 Å². The van der Waals surface area contributed by atoms with E-state index >= 15 is 0 Å². The van der Waals surface area contributed by atoms with Crippen molar-refractivity contribution < 1.29 is 0 Å². The van der Waals surface area contributed by atoms with Gasteiger partial charge in [-0.3, -0.25) is 4.84 Å². The molecule has 0 aliphatic carbocycles. The number of aryl methyl sites for hydroxylation is 1. The van der Waals surface area contributed by atoms with Crippen molar-refractivity contribution >= 4 is 17.5 Å². The molecule has 0 spiro atoms. The highest BCUT2D eigenvalue weighted by Crippen LogP contribution is 2.17. The van der Waals surface area contributed by atoms with Crippen LogP contribution in [-0.2, 0) is 6.42 Å². The Bertz CT molecular complexity index is 235. The first-order valence-corrected chi connectivity index (χ1v) is 4.70. The molecule has 0 fully saturated rings.